The van der Waals surface area contributed by atoms with E-state index < -0.39 is 0 Å². The van der Waals surface area contributed by atoms with Crippen LogP contribution in [0, 0.1) is 35.0 Å². The molecule has 224 valence electrons. The topological polar surface area (TPSA) is 0 Å². The number of rotatable bonds is 1. The zero-order valence-corrected chi connectivity index (χ0v) is 32.2. The number of allylic oxidation sites excluding steroid dienone is 2. The predicted octanol–water partition coefficient (Wildman–Crippen LogP) is 4.79. The minimum absolute atomic E-state index is 0. The van der Waals surface area contributed by atoms with E-state index >= 15 is 0 Å². The molecule has 6 rings (SSSR count). The molecule has 2 aromatic rings. The van der Waals surface area contributed by atoms with Gasteiger partial charge in [-0.15, -0.1) is 20.1 Å². The Morgan fingerprint density at radius 3 is 2.20 bits per heavy atom. The summed E-state index contributed by atoms with van der Waals surface area (Å²) in [6, 6.07) is 16.1. The Bertz CT molecular complexity index is 1130. The molecule has 0 saturated heterocycles. The van der Waals surface area contributed by atoms with Gasteiger partial charge in [-0.25, -0.2) is 23.1 Å². The van der Waals surface area contributed by atoms with Crippen LogP contribution in [0.2, 0.25) is 0 Å². The Hall–Kier alpha value is -0.630. The molecule has 2 saturated carbocycles. The van der Waals surface area contributed by atoms with Crippen molar-refractivity contribution in [2.75, 3.05) is 0 Å². The number of hydrogen-bond acceptors (Lipinski definition) is 0. The normalized spacial score (nSPS) is 26.9. The van der Waals surface area contributed by atoms with Gasteiger partial charge in [0.25, 0.3) is 0 Å². The van der Waals surface area contributed by atoms with Crippen molar-refractivity contribution in [2.24, 2.45) is 29.1 Å². The van der Waals surface area contributed by atoms with E-state index in [0.29, 0.717) is 10.8 Å². The number of fused-ring (bicyclic) bond motifs is 7. The van der Waals surface area contributed by atoms with Gasteiger partial charge >= 0.3 is 25.8 Å². The fourth-order valence-electron chi connectivity index (χ4n) is 8.19. The van der Waals surface area contributed by atoms with Gasteiger partial charge in [0.15, 0.2) is 0 Å². The van der Waals surface area contributed by atoms with Gasteiger partial charge in [0.05, 0.1) is 0 Å². The number of benzene rings is 1. The molecule has 0 bridgehead atoms. The molecule has 4 aliphatic carbocycles. The van der Waals surface area contributed by atoms with E-state index in [4.69, 9.17) is 0 Å². The third-order valence-electron chi connectivity index (χ3n) is 11.0. The first-order valence-corrected chi connectivity index (χ1v) is 15.4. The van der Waals surface area contributed by atoms with E-state index in [0.717, 1.165) is 36.0 Å². The monoisotopic (exact) mass is 760 g/mol. The molecule has 2 fully saturated rings. The number of halogens is 2. The van der Waals surface area contributed by atoms with Crippen LogP contribution in [0.1, 0.15) is 116 Å². The molecule has 41 heavy (non-hydrogen) atoms. The predicted molar refractivity (Wildman–Crippen MR) is 167 cm³/mol. The molecule has 0 aliphatic heterocycles. The van der Waals surface area contributed by atoms with E-state index in [1.165, 1.54) is 49.7 Å². The van der Waals surface area contributed by atoms with Crippen molar-refractivity contribution in [2.45, 2.75) is 112 Å². The van der Waals surface area contributed by atoms with Crippen molar-refractivity contribution < 1.29 is 50.7 Å². The van der Waals surface area contributed by atoms with Crippen molar-refractivity contribution in [3.05, 3.63) is 94.9 Å². The quantitative estimate of drug-likeness (QED) is 0.223. The second-order valence-electron chi connectivity index (χ2n) is 14.1. The smallest absolute Gasteiger partial charge is 1.00 e. The van der Waals surface area contributed by atoms with Crippen LogP contribution in [0.15, 0.2) is 66.8 Å². The number of aryl methyl sites for hydroxylation is 1. The first-order chi connectivity index (χ1) is 18.0. The third-order valence-corrected chi connectivity index (χ3v) is 11.0. The van der Waals surface area contributed by atoms with Gasteiger partial charge in [0, 0.05) is 0 Å². The molecule has 5 atom stereocenters. The van der Waals surface area contributed by atoms with Crippen LogP contribution in [0.3, 0.4) is 0 Å². The minimum atomic E-state index is 0. The van der Waals surface area contributed by atoms with Crippen molar-refractivity contribution in [3.63, 3.8) is 0 Å². The van der Waals surface area contributed by atoms with Gasteiger partial charge in [0.2, 0.25) is 0 Å². The van der Waals surface area contributed by atoms with E-state index in [2.05, 4.69) is 111 Å². The van der Waals surface area contributed by atoms with E-state index in [-0.39, 0.29) is 50.7 Å². The molecule has 2 aromatic carbocycles. The zero-order valence-electron chi connectivity index (χ0n) is 27.0. The number of hydrogen-bond donors (Lipinski definition) is 0. The van der Waals surface area contributed by atoms with Crippen molar-refractivity contribution >= 4 is 0 Å². The molecule has 0 heterocycles. The Labute approximate surface area is 284 Å². The molecule has 0 amide bonds. The Kier molecular flexibility index (Phi) is 14.4. The second-order valence-corrected chi connectivity index (χ2v) is 14.1. The molecule has 0 spiro atoms. The van der Waals surface area contributed by atoms with Gasteiger partial charge in [-0.2, -0.15) is 23.3 Å². The summed E-state index contributed by atoms with van der Waals surface area (Å²) in [6.07, 6.45) is 9.67. The van der Waals surface area contributed by atoms with Gasteiger partial charge < -0.3 is 24.8 Å². The van der Waals surface area contributed by atoms with E-state index in [9.17, 15) is 0 Å². The summed E-state index contributed by atoms with van der Waals surface area (Å²) in [5.74, 6) is 6.00. The Balaban J connectivity index is 0.000000452. The van der Waals surface area contributed by atoms with Crippen molar-refractivity contribution in [1.29, 1.82) is 0 Å². The Morgan fingerprint density at radius 2 is 1.63 bits per heavy atom. The molecule has 0 nitrogen and oxygen atoms in total. The summed E-state index contributed by atoms with van der Waals surface area (Å²) < 4.78 is 0. The maximum Gasteiger partial charge on any atom is 4.00 e. The summed E-state index contributed by atoms with van der Waals surface area (Å²) in [7, 11) is 0. The summed E-state index contributed by atoms with van der Waals surface area (Å²) in [5, 5.41) is 0. The minimum Gasteiger partial charge on any atom is -1.00 e. The SMILES string of the molecule is C=C.CCc1cc(C(C)(C)C)c[cH-]1.C[C-]1C2=C3Cc4ccccc4C3C3CCCCC3C2CC(C)C1(C)C.[Cl-].[Cl-].[Hf+4]. The molecular formula is C38H54Cl2Hf. The van der Waals surface area contributed by atoms with Crippen molar-refractivity contribution in [1.82, 2.24) is 0 Å². The molecular weight excluding hydrogens is 706 g/mol. The van der Waals surface area contributed by atoms with Gasteiger partial charge in [-0.05, 0) is 30.6 Å². The maximum absolute atomic E-state index is 3.00. The van der Waals surface area contributed by atoms with E-state index in [1.54, 1.807) is 17.0 Å². The fraction of sp³-hybridized carbons (Fsp3) is 0.579. The van der Waals surface area contributed by atoms with Crippen molar-refractivity contribution in [3.8, 4) is 0 Å². The second kappa shape index (κ2) is 15.4. The average molecular weight is 760 g/mol. The van der Waals surface area contributed by atoms with Crippen LogP contribution in [-0.4, -0.2) is 0 Å². The third kappa shape index (κ3) is 7.37. The largest absolute Gasteiger partial charge is 4.00 e. The zero-order chi connectivity index (χ0) is 27.8. The molecule has 3 heteroatoms. The molecule has 0 N–H and O–H groups in total. The van der Waals surface area contributed by atoms with Gasteiger partial charge in [0.1, 0.15) is 0 Å². The molecule has 0 radical (unpaired) electrons. The van der Waals surface area contributed by atoms with Crippen LogP contribution in [0.5, 0.6) is 0 Å². The van der Waals surface area contributed by atoms with Crippen LogP contribution in [0.25, 0.3) is 0 Å². The summed E-state index contributed by atoms with van der Waals surface area (Å²) in [5.41, 5.74) is 10.6. The summed E-state index contributed by atoms with van der Waals surface area (Å²) >= 11 is 0. The van der Waals surface area contributed by atoms with E-state index in [1.807, 2.05) is 11.1 Å². The standard InChI is InChI=1S/C25H33.C11H17.C2H4.2ClH.Hf/c1-15-13-21-19-11-7-8-12-20(19)24-18-10-6-5-9-17(18)14-22(24)23(21)16(2)25(15,3)4;1-5-9-6-7-10(8-9)11(2,3)4;1-2;;;/h5-6,9-10,15,19-21,24H,7-8,11-14H2,1-4H3;6-8H,5H2,1-4H3;1-2H2;2*1H;/q2*-1;;;;+4/p-2. The Morgan fingerprint density at radius 1 is 1.02 bits per heavy atom. The maximum atomic E-state index is 3.00. The van der Waals surface area contributed by atoms with Gasteiger partial charge in [-0.1, -0.05) is 139 Å². The van der Waals surface area contributed by atoms with Crippen LogP contribution in [0.4, 0.5) is 0 Å². The van der Waals surface area contributed by atoms with Crippen LogP contribution in [-0.2, 0) is 44.1 Å². The molecule has 5 unspecified atom stereocenters. The fourth-order valence-corrected chi connectivity index (χ4v) is 8.19. The first-order valence-electron chi connectivity index (χ1n) is 15.4. The summed E-state index contributed by atoms with van der Waals surface area (Å²) in [4.78, 5) is 0. The first kappa shape index (κ1) is 38.4. The summed E-state index contributed by atoms with van der Waals surface area (Å²) in [6.45, 7) is 24.9. The van der Waals surface area contributed by atoms with Crippen LogP contribution < -0.4 is 24.8 Å². The molecule has 0 aromatic heterocycles. The molecule has 4 aliphatic rings. The average Bonchev–Trinajstić information content (AvgIpc) is 3.55. The van der Waals surface area contributed by atoms with Crippen LogP contribution >= 0.6 is 0 Å². The van der Waals surface area contributed by atoms with Gasteiger partial charge in [-0.3, -0.25) is 0 Å².